The van der Waals surface area contributed by atoms with Crippen LogP contribution in [0.1, 0.15) is 67.8 Å². The summed E-state index contributed by atoms with van der Waals surface area (Å²) >= 11 is 0. The molecular formula is C28H31N5. The molecule has 0 radical (unpaired) electrons. The lowest BCUT2D eigenvalue weighted by Crippen LogP contribution is -2.14. The van der Waals surface area contributed by atoms with E-state index in [0.717, 1.165) is 47.3 Å². The van der Waals surface area contributed by atoms with Crippen LogP contribution in [0, 0.1) is 6.92 Å². The van der Waals surface area contributed by atoms with Gasteiger partial charge in [0, 0.05) is 17.2 Å². The van der Waals surface area contributed by atoms with E-state index in [1.165, 1.54) is 48.8 Å². The molecule has 33 heavy (non-hydrogen) atoms. The number of aromatic amines is 2. The molecule has 1 aliphatic heterocycles. The van der Waals surface area contributed by atoms with Gasteiger partial charge in [-0.05, 0) is 55.8 Å². The van der Waals surface area contributed by atoms with Crippen LogP contribution in [0.2, 0.25) is 0 Å². The van der Waals surface area contributed by atoms with Crippen molar-refractivity contribution in [2.75, 3.05) is 6.54 Å². The number of rotatable bonds is 5. The Morgan fingerprint density at radius 1 is 0.727 bits per heavy atom. The molecule has 0 amide bonds. The molecule has 0 bridgehead atoms. The molecule has 1 saturated heterocycles. The Morgan fingerprint density at radius 3 is 2.06 bits per heavy atom. The summed E-state index contributed by atoms with van der Waals surface area (Å²) in [5, 5.41) is 3.53. The van der Waals surface area contributed by atoms with Crippen molar-refractivity contribution in [1.29, 1.82) is 0 Å². The number of H-pyrrole nitrogens is 2. The van der Waals surface area contributed by atoms with Gasteiger partial charge in [-0.25, -0.2) is 9.97 Å². The molecular weight excluding hydrogens is 406 g/mol. The molecule has 2 aromatic carbocycles. The maximum absolute atomic E-state index is 4.91. The van der Waals surface area contributed by atoms with Crippen LogP contribution in [-0.2, 0) is 0 Å². The van der Waals surface area contributed by atoms with E-state index in [1.807, 2.05) is 6.20 Å². The highest BCUT2D eigenvalue weighted by atomic mass is 15.0. The SMILES string of the molecule is Cc1[nH]c([C@@H]2CCCN2)nc1-c1ccc(-c2ccc(-c3cnc(C4CCCC4)[nH]3)cc2)cc1. The zero-order valence-electron chi connectivity index (χ0n) is 19.2. The van der Waals surface area contributed by atoms with Gasteiger partial charge in [-0.2, -0.15) is 0 Å². The van der Waals surface area contributed by atoms with Crippen LogP contribution >= 0.6 is 0 Å². The maximum Gasteiger partial charge on any atom is 0.124 e. The zero-order chi connectivity index (χ0) is 22.2. The second kappa shape index (κ2) is 8.64. The summed E-state index contributed by atoms with van der Waals surface area (Å²) in [4.78, 5) is 16.6. The molecule has 3 heterocycles. The normalized spacial score (nSPS) is 18.9. The van der Waals surface area contributed by atoms with Crippen molar-refractivity contribution >= 4 is 0 Å². The number of nitrogens with one attached hydrogen (secondary N) is 3. The second-order valence-electron chi connectivity index (χ2n) is 9.56. The molecule has 4 aromatic rings. The lowest BCUT2D eigenvalue weighted by atomic mass is 10.0. The van der Waals surface area contributed by atoms with Crippen molar-refractivity contribution in [3.63, 3.8) is 0 Å². The third kappa shape index (κ3) is 4.02. The van der Waals surface area contributed by atoms with Crippen molar-refractivity contribution in [1.82, 2.24) is 25.3 Å². The lowest BCUT2D eigenvalue weighted by Gasteiger charge is -2.06. The van der Waals surface area contributed by atoms with E-state index in [9.17, 15) is 0 Å². The third-order valence-corrected chi connectivity index (χ3v) is 7.32. The van der Waals surface area contributed by atoms with E-state index in [0.29, 0.717) is 12.0 Å². The maximum atomic E-state index is 4.91. The Labute approximate surface area is 195 Å². The van der Waals surface area contributed by atoms with Crippen molar-refractivity contribution < 1.29 is 0 Å². The van der Waals surface area contributed by atoms with Gasteiger partial charge in [0.1, 0.15) is 11.6 Å². The second-order valence-corrected chi connectivity index (χ2v) is 9.56. The Hall–Kier alpha value is -3.18. The molecule has 0 unspecified atom stereocenters. The fraction of sp³-hybridized carbons (Fsp3) is 0.357. The van der Waals surface area contributed by atoms with Gasteiger partial charge >= 0.3 is 0 Å². The highest BCUT2D eigenvalue weighted by Gasteiger charge is 2.21. The molecule has 5 nitrogen and oxygen atoms in total. The average Bonchev–Trinajstić information content (AvgIpc) is 3.66. The van der Waals surface area contributed by atoms with E-state index in [1.54, 1.807) is 0 Å². The fourth-order valence-electron chi connectivity index (χ4n) is 5.40. The van der Waals surface area contributed by atoms with Crippen LogP contribution in [0.15, 0.2) is 54.7 Å². The van der Waals surface area contributed by atoms with E-state index in [4.69, 9.17) is 4.98 Å². The first-order chi connectivity index (χ1) is 16.2. The van der Waals surface area contributed by atoms with E-state index < -0.39 is 0 Å². The molecule has 1 aliphatic carbocycles. The molecule has 3 N–H and O–H groups in total. The standard InChI is InChI=1S/C28H31N5/c1-18-26(33-28(31-18)24-7-4-16-29-24)22-14-10-20(11-15-22)19-8-12-21(13-9-19)25-17-30-27(32-25)23-5-2-3-6-23/h8-15,17,23-24,29H,2-7,16H2,1H3,(H,30,32)(H,31,33)/t24-/m0/s1. The number of benzene rings is 2. The van der Waals surface area contributed by atoms with E-state index in [-0.39, 0.29) is 0 Å². The third-order valence-electron chi connectivity index (χ3n) is 7.32. The summed E-state index contributed by atoms with van der Waals surface area (Å²) in [5.41, 5.74) is 8.08. The monoisotopic (exact) mass is 437 g/mol. The van der Waals surface area contributed by atoms with Gasteiger partial charge in [0.15, 0.2) is 0 Å². The predicted molar refractivity (Wildman–Crippen MR) is 133 cm³/mol. The fourth-order valence-corrected chi connectivity index (χ4v) is 5.40. The van der Waals surface area contributed by atoms with Crippen molar-refractivity contribution in [3.05, 3.63) is 72.1 Å². The smallest absolute Gasteiger partial charge is 0.124 e. The van der Waals surface area contributed by atoms with E-state index >= 15 is 0 Å². The van der Waals surface area contributed by atoms with Gasteiger partial charge in [-0.3, -0.25) is 0 Å². The minimum absolute atomic E-state index is 0.361. The van der Waals surface area contributed by atoms with Gasteiger partial charge in [0.25, 0.3) is 0 Å². The molecule has 2 fully saturated rings. The Bertz CT molecular complexity index is 1220. The minimum atomic E-state index is 0.361. The van der Waals surface area contributed by atoms with Gasteiger partial charge in [-0.15, -0.1) is 0 Å². The highest BCUT2D eigenvalue weighted by Crippen LogP contribution is 2.34. The number of imidazole rings is 2. The first-order valence-corrected chi connectivity index (χ1v) is 12.3. The quantitative estimate of drug-likeness (QED) is 0.333. The van der Waals surface area contributed by atoms with Gasteiger partial charge < -0.3 is 15.3 Å². The number of aromatic nitrogens is 4. The summed E-state index contributed by atoms with van der Waals surface area (Å²) in [7, 11) is 0. The topological polar surface area (TPSA) is 69.4 Å². The van der Waals surface area contributed by atoms with Crippen molar-refractivity contribution in [2.45, 2.75) is 57.4 Å². The molecule has 168 valence electrons. The Balaban J connectivity index is 1.19. The molecule has 2 aromatic heterocycles. The average molecular weight is 438 g/mol. The van der Waals surface area contributed by atoms with Crippen molar-refractivity contribution in [2.24, 2.45) is 0 Å². The molecule has 2 aliphatic rings. The van der Waals surface area contributed by atoms with Crippen LogP contribution in [0.3, 0.4) is 0 Å². The largest absolute Gasteiger partial charge is 0.344 e. The molecule has 0 spiro atoms. The molecule has 6 rings (SSSR count). The van der Waals surface area contributed by atoms with Crippen LogP contribution in [0.4, 0.5) is 0 Å². The Kier molecular flexibility index (Phi) is 5.35. The lowest BCUT2D eigenvalue weighted by molar-refractivity contribution is 0.612. The highest BCUT2D eigenvalue weighted by molar-refractivity contribution is 5.72. The summed E-state index contributed by atoms with van der Waals surface area (Å²) in [6, 6.07) is 17.9. The summed E-state index contributed by atoms with van der Waals surface area (Å²) < 4.78 is 0. The number of hydrogen-bond acceptors (Lipinski definition) is 3. The molecule has 5 heteroatoms. The van der Waals surface area contributed by atoms with E-state index in [2.05, 4.69) is 75.7 Å². The predicted octanol–water partition coefficient (Wildman–Crippen LogP) is 6.52. The summed E-state index contributed by atoms with van der Waals surface area (Å²) in [6.07, 6.45) is 9.53. The van der Waals surface area contributed by atoms with Crippen LogP contribution < -0.4 is 5.32 Å². The van der Waals surface area contributed by atoms with Gasteiger partial charge in [0.05, 0.1) is 23.6 Å². The summed E-state index contributed by atoms with van der Waals surface area (Å²) in [6.45, 7) is 3.19. The molecule has 1 saturated carbocycles. The van der Waals surface area contributed by atoms with Crippen LogP contribution in [-0.4, -0.2) is 26.5 Å². The minimum Gasteiger partial charge on any atom is -0.344 e. The van der Waals surface area contributed by atoms with Crippen LogP contribution in [0.25, 0.3) is 33.6 Å². The Morgan fingerprint density at radius 2 is 1.39 bits per heavy atom. The van der Waals surface area contributed by atoms with Gasteiger partial charge in [0.2, 0.25) is 0 Å². The van der Waals surface area contributed by atoms with Crippen LogP contribution in [0.5, 0.6) is 0 Å². The number of hydrogen-bond donors (Lipinski definition) is 3. The molecule has 1 atom stereocenters. The number of aryl methyl sites for hydroxylation is 1. The zero-order valence-corrected chi connectivity index (χ0v) is 19.2. The van der Waals surface area contributed by atoms with Gasteiger partial charge in [-0.1, -0.05) is 61.4 Å². The first-order valence-electron chi connectivity index (χ1n) is 12.3. The number of nitrogens with zero attached hydrogens (tertiary/aromatic N) is 2. The van der Waals surface area contributed by atoms with Crippen molar-refractivity contribution in [3.8, 4) is 33.6 Å². The summed E-state index contributed by atoms with van der Waals surface area (Å²) in [5.74, 6) is 2.83. The first kappa shape index (κ1) is 20.4.